The molecule has 2 saturated carbocycles. The Kier molecular flexibility index (Phi) is 5.30. The summed E-state index contributed by atoms with van der Waals surface area (Å²) in [7, 11) is 0. The van der Waals surface area contributed by atoms with Crippen LogP contribution in [0.4, 0.5) is 0 Å². The minimum Gasteiger partial charge on any atom is -0.550 e. The van der Waals surface area contributed by atoms with E-state index in [4.69, 9.17) is 0 Å². The average molecular weight is 245 g/mol. The Bertz CT molecular complexity index is 320. The Hall–Kier alpha value is -0.463. The molecule has 0 bridgehead atoms. The first kappa shape index (κ1) is 15.6. The minimum absolute atomic E-state index is 0. The number of rotatable bonds is 4. The number of carboxylic acids is 1. The van der Waals surface area contributed by atoms with Crippen molar-refractivity contribution in [3.05, 3.63) is 0 Å². The van der Waals surface area contributed by atoms with E-state index in [0.717, 1.165) is 38.5 Å². The Morgan fingerprint density at radius 2 is 1.78 bits per heavy atom. The quantitative estimate of drug-likeness (QED) is 0.562. The predicted octanol–water partition coefficient (Wildman–Crippen LogP) is -2.39. The zero-order valence-electron chi connectivity index (χ0n) is 11.3. The summed E-state index contributed by atoms with van der Waals surface area (Å²) in [5.41, 5.74) is -0.109. The summed E-state index contributed by atoms with van der Waals surface area (Å²) < 4.78 is 0. The smallest absolute Gasteiger partial charge is 0.550 e. The van der Waals surface area contributed by atoms with Crippen LogP contribution in [-0.2, 0) is 9.59 Å². The number of carboxylic acid groups (broad SMARTS) is 1. The van der Waals surface area contributed by atoms with Gasteiger partial charge in [-0.1, -0.05) is 6.92 Å². The number of carbonyl (C=O) groups excluding carboxylic acids is 2. The van der Waals surface area contributed by atoms with Gasteiger partial charge in [0, 0.05) is 17.4 Å². The molecular weight excluding hydrogens is 225 g/mol. The third-order valence-corrected chi connectivity index (χ3v) is 4.19. The fourth-order valence-electron chi connectivity index (χ4n) is 2.52. The predicted molar refractivity (Wildman–Crippen MR) is 60.9 cm³/mol. The van der Waals surface area contributed by atoms with Crippen LogP contribution >= 0.6 is 0 Å². The molecule has 2 rings (SSSR count). The van der Waals surface area contributed by atoms with Crippen LogP contribution in [-0.4, -0.2) is 17.9 Å². The maximum Gasteiger partial charge on any atom is 1.00 e. The first-order valence-electron chi connectivity index (χ1n) is 6.50. The third-order valence-electron chi connectivity index (χ3n) is 4.19. The van der Waals surface area contributed by atoms with E-state index in [2.05, 4.69) is 5.32 Å². The van der Waals surface area contributed by atoms with Gasteiger partial charge in [-0.3, -0.25) is 4.79 Å². The molecule has 2 aliphatic carbocycles. The molecule has 0 aromatic rings. The molecule has 0 aromatic carbocycles. The molecule has 0 heterocycles. The van der Waals surface area contributed by atoms with E-state index in [1.165, 1.54) is 0 Å². The van der Waals surface area contributed by atoms with E-state index in [9.17, 15) is 14.7 Å². The van der Waals surface area contributed by atoms with Gasteiger partial charge in [0.2, 0.25) is 5.91 Å². The number of carbonyl (C=O) groups is 2. The average Bonchev–Trinajstić information content (AvgIpc) is 3.00. The number of hydrogen-bond donors (Lipinski definition) is 1. The van der Waals surface area contributed by atoms with Crippen LogP contribution in [0.15, 0.2) is 0 Å². The second kappa shape index (κ2) is 6.12. The molecule has 0 radical (unpaired) electrons. The van der Waals surface area contributed by atoms with Gasteiger partial charge in [0.05, 0.1) is 0 Å². The van der Waals surface area contributed by atoms with Crippen LogP contribution in [0.2, 0.25) is 0 Å². The Morgan fingerprint density at radius 1 is 1.22 bits per heavy atom. The van der Waals surface area contributed by atoms with Gasteiger partial charge in [0.15, 0.2) is 0 Å². The van der Waals surface area contributed by atoms with Crippen molar-refractivity contribution in [3.8, 4) is 0 Å². The molecule has 5 heteroatoms. The van der Waals surface area contributed by atoms with Crippen molar-refractivity contribution in [1.82, 2.24) is 5.32 Å². The topological polar surface area (TPSA) is 69.2 Å². The Labute approximate surface area is 120 Å². The fourth-order valence-corrected chi connectivity index (χ4v) is 2.52. The second-order valence-electron chi connectivity index (χ2n) is 5.83. The number of nitrogens with one attached hydrogen (secondary N) is 1. The summed E-state index contributed by atoms with van der Waals surface area (Å²) in [6.45, 7) is 2.00. The third kappa shape index (κ3) is 4.03. The zero-order chi connectivity index (χ0) is 12.5. The molecule has 0 aliphatic heterocycles. The molecular formula is C13H20LiNO3. The van der Waals surface area contributed by atoms with E-state index >= 15 is 0 Å². The molecule has 96 valence electrons. The molecule has 0 unspecified atom stereocenters. The molecule has 0 spiro atoms. The van der Waals surface area contributed by atoms with Crippen LogP contribution in [0.1, 0.15) is 51.9 Å². The van der Waals surface area contributed by atoms with Crippen molar-refractivity contribution in [1.29, 1.82) is 0 Å². The van der Waals surface area contributed by atoms with Gasteiger partial charge in [-0.2, -0.15) is 0 Å². The number of aliphatic carboxylic acids is 1. The molecule has 1 N–H and O–H groups in total. The van der Waals surface area contributed by atoms with Crippen molar-refractivity contribution < 1.29 is 33.6 Å². The van der Waals surface area contributed by atoms with Gasteiger partial charge in [-0.25, -0.2) is 0 Å². The van der Waals surface area contributed by atoms with Gasteiger partial charge in [-0.15, -0.1) is 0 Å². The summed E-state index contributed by atoms with van der Waals surface area (Å²) in [4.78, 5) is 22.3. The van der Waals surface area contributed by atoms with Crippen LogP contribution in [0.25, 0.3) is 0 Å². The standard InChI is InChI=1S/C13H21NO3.Li/c1-13(6-7-13)12(17)14-10-4-2-9(3-5-10)8-11(15)16;/h9-10H,2-8H2,1H3,(H,14,17)(H,15,16);/q;+1/p-1. The van der Waals surface area contributed by atoms with Crippen LogP contribution in [0.5, 0.6) is 0 Å². The number of hydrogen-bond acceptors (Lipinski definition) is 3. The number of amides is 1. The van der Waals surface area contributed by atoms with Crippen molar-refractivity contribution in [3.63, 3.8) is 0 Å². The van der Waals surface area contributed by atoms with E-state index in [-0.39, 0.29) is 48.6 Å². The summed E-state index contributed by atoms with van der Waals surface area (Å²) in [5.74, 6) is -0.534. The van der Waals surface area contributed by atoms with Crippen molar-refractivity contribution in [2.45, 2.75) is 57.9 Å². The van der Waals surface area contributed by atoms with E-state index in [1.54, 1.807) is 0 Å². The van der Waals surface area contributed by atoms with E-state index in [0.29, 0.717) is 0 Å². The van der Waals surface area contributed by atoms with Crippen molar-refractivity contribution in [2.75, 3.05) is 0 Å². The molecule has 2 aliphatic rings. The second-order valence-corrected chi connectivity index (χ2v) is 5.83. The van der Waals surface area contributed by atoms with Gasteiger partial charge < -0.3 is 15.2 Å². The Morgan fingerprint density at radius 3 is 2.22 bits per heavy atom. The maximum absolute atomic E-state index is 11.8. The molecule has 18 heavy (non-hydrogen) atoms. The van der Waals surface area contributed by atoms with Crippen molar-refractivity contribution >= 4 is 11.9 Å². The molecule has 0 aromatic heterocycles. The molecule has 0 atom stereocenters. The molecule has 1 amide bonds. The summed E-state index contributed by atoms with van der Waals surface area (Å²) in [6.07, 6.45) is 5.74. The van der Waals surface area contributed by atoms with E-state index < -0.39 is 5.97 Å². The summed E-state index contributed by atoms with van der Waals surface area (Å²) >= 11 is 0. The van der Waals surface area contributed by atoms with Crippen LogP contribution < -0.4 is 29.3 Å². The van der Waals surface area contributed by atoms with E-state index in [1.807, 2.05) is 6.92 Å². The van der Waals surface area contributed by atoms with Crippen LogP contribution in [0.3, 0.4) is 0 Å². The maximum atomic E-state index is 11.8. The first-order chi connectivity index (χ1) is 7.99. The first-order valence-corrected chi connectivity index (χ1v) is 6.50. The Balaban J connectivity index is 0.00000162. The van der Waals surface area contributed by atoms with Gasteiger partial charge in [-0.05, 0) is 50.9 Å². The van der Waals surface area contributed by atoms with Gasteiger partial charge >= 0.3 is 18.9 Å². The molecule has 4 nitrogen and oxygen atoms in total. The normalized spacial score (nSPS) is 28.9. The zero-order valence-corrected chi connectivity index (χ0v) is 11.3. The molecule has 2 fully saturated rings. The molecule has 0 saturated heterocycles. The summed E-state index contributed by atoms with van der Waals surface area (Å²) in [5, 5.41) is 13.6. The fraction of sp³-hybridized carbons (Fsp3) is 0.846. The SMILES string of the molecule is CC1(C(=O)NC2CCC(CC(=O)[O-])CC2)CC1.[Li+]. The van der Waals surface area contributed by atoms with Gasteiger partial charge in [0.25, 0.3) is 0 Å². The minimum atomic E-state index is -0.956. The van der Waals surface area contributed by atoms with Crippen molar-refractivity contribution in [2.24, 2.45) is 11.3 Å². The largest absolute Gasteiger partial charge is 1.00 e. The summed E-state index contributed by atoms with van der Waals surface area (Å²) in [6, 6.07) is 0.248. The van der Waals surface area contributed by atoms with Gasteiger partial charge in [0.1, 0.15) is 0 Å². The monoisotopic (exact) mass is 245 g/mol. The van der Waals surface area contributed by atoms with Crippen LogP contribution in [0, 0.1) is 11.3 Å².